The number of aromatic amines is 1. The zero-order valence-corrected chi connectivity index (χ0v) is 12.0. The molecule has 0 fully saturated rings. The molecule has 2 rings (SSSR count). The molecule has 0 bridgehead atoms. The number of rotatable bonds is 3. The fourth-order valence-electron chi connectivity index (χ4n) is 1.38. The molecule has 0 saturated carbocycles. The number of H-pyrrole nitrogens is 1. The van der Waals surface area contributed by atoms with Crippen LogP contribution in [0.2, 0.25) is 10.0 Å². The highest BCUT2D eigenvalue weighted by Gasteiger charge is 2.19. The zero-order valence-electron chi connectivity index (χ0n) is 9.65. The van der Waals surface area contributed by atoms with Gasteiger partial charge in [-0.25, -0.2) is 12.8 Å². The summed E-state index contributed by atoms with van der Waals surface area (Å²) in [4.78, 5) is 12.9. The molecule has 20 heavy (non-hydrogen) atoms. The SMILES string of the molecule is O=c1[nH]cc(S(=O)(=O)Nc2c(F)cccc2Cl)cc1Cl. The second-order valence-electron chi connectivity index (χ2n) is 3.71. The smallest absolute Gasteiger partial charge is 0.266 e. The maximum atomic E-state index is 13.5. The number of hydrogen-bond acceptors (Lipinski definition) is 3. The second-order valence-corrected chi connectivity index (χ2v) is 6.21. The first kappa shape index (κ1) is 14.8. The van der Waals surface area contributed by atoms with Gasteiger partial charge < -0.3 is 4.98 Å². The molecular formula is C11H7Cl2FN2O3S. The van der Waals surface area contributed by atoms with Crippen molar-refractivity contribution in [3.63, 3.8) is 0 Å². The van der Waals surface area contributed by atoms with Crippen LogP contribution >= 0.6 is 23.2 Å². The molecule has 0 radical (unpaired) electrons. The van der Waals surface area contributed by atoms with Crippen LogP contribution in [0.1, 0.15) is 0 Å². The molecule has 0 unspecified atom stereocenters. The van der Waals surface area contributed by atoms with E-state index >= 15 is 0 Å². The molecule has 9 heteroatoms. The molecule has 1 aromatic heterocycles. The molecule has 106 valence electrons. The standard InChI is InChI=1S/C11H7Cl2FN2O3S/c12-7-2-1-3-9(14)10(7)16-20(18,19)6-4-8(13)11(17)15-5-6/h1-5,16H,(H,15,17). The molecule has 0 spiro atoms. The summed E-state index contributed by atoms with van der Waals surface area (Å²) in [5.41, 5.74) is -1.01. The highest BCUT2D eigenvalue weighted by atomic mass is 35.5. The Hall–Kier alpha value is -1.57. The molecule has 5 nitrogen and oxygen atoms in total. The van der Waals surface area contributed by atoms with Crippen molar-refractivity contribution in [1.82, 2.24) is 4.98 Å². The van der Waals surface area contributed by atoms with Gasteiger partial charge in [0.1, 0.15) is 21.4 Å². The molecule has 2 aromatic rings. The van der Waals surface area contributed by atoms with Crippen molar-refractivity contribution >= 4 is 38.9 Å². The van der Waals surface area contributed by atoms with E-state index in [1.54, 1.807) is 0 Å². The minimum atomic E-state index is -4.13. The lowest BCUT2D eigenvalue weighted by Gasteiger charge is -2.10. The Morgan fingerprint density at radius 1 is 1.20 bits per heavy atom. The van der Waals surface area contributed by atoms with Crippen molar-refractivity contribution in [2.24, 2.45) is 0 Å². The second kappa shape index (κ2) is 5.43. The number of pyridine rings is 1. The first-order valence-electron chi connectivity index (χ1n) is 5.16. The predicted octanol–water partition coefficient (Wildman–Crippen LogP) is 2.62. The topological polar surface area (TPSA) is 79.0 Å². The van der Waals surface area contributed by atoms with Crippen molar-refractivity contribution < 1.29 is 12.8 Å². The Morgan fingerprint density at radius 2 is 1.90 bits per heavy atom. The molecule has 0 aliphatic carbocycles. The van der Waals surface area contributed by atoms with Crippen molar-refractivity contribution in [1.29, 1.82) is 0 Å². The number of hydrogen-bond donors (Lipinski definition) is 2. The van der Waals surface area contributed by atoms with E-state index in [2.05, 4.69) is 4.98 Å². The summed E-state index contributed by atoms with van der Waals surface area (Å²) in [6.45, 7) is 0. The molecule has 0 aliphatic rings. The number of benzene rings is 1. The van der Waals surface area contributed by atoms with Crippen LogP contribution in [0.25, 0.3) is 0 Å². The minimum Gasteiger partial charge on any atom is -0.326 e. The van der Waals surface area contributed by atoms with Gasteiger partial charge in [-0.2, -0.15) is 0 Å². The van der Waals surface area contributed by atoms with Gasteiger partial charge in [0, 0.05) is 6.20 Å². The third-order valence-corrected chi connectivity index (χ3v) is 4.27. The van der Waals surface area contributed by atoms with E-state index in [1.165, 1.54) is 12.1 Å². The summed E-state index contributed by atoms with van der Waals surface area (Å²) < 4.78 is 39.7. The summed E-state index contributed by atoms with van der Waals surface area (Å²) in [7, 11) is -4.13. The van der Waals surface area contributed by atoms with Gasteiger partial charge in [0.05, 0.1) is 5.02 Å². The largest absolute Gasteiger partial charge is 0.326 e. The third kappa shape index (κ3) is 2.95. The van der Waals surface area contributed by atoms with E-state index in [9.17, 15) is 17.6 Å². The highest BCUT2D eigenvalue weighted by molar-refractivity contribution is 7.92. The van der Waals surface area contributed by atoms with Crippen LogP contribution in [0.4, 0.5) is 10.1 Å². The average molecular weight is 337 g/mol. The van der Waals surface area contributed by atoms with Crippen molar-refractivity contribution in [3.05, 3.63) is 56.7 Å². The van der Waals surface area contributed by atoms with Crippen molar-refractivity contribution in [3.8, 4) is 0 Å². The Kier molecular flexibility index (Phi) is 4.03. The minimum absolute atomic E-state index is 0.0934. The van der Waals surface area contributed by atoms with Crippen LogP contribution in [0.15, 0.2) is 40.2 Å². The van der Waals surface area contributed by atoms with Gasteiger partial charge in [0.2, 0.25) is 0 Å². The zero-order chi connectivity index (χ0) is 14.9. The quantitative estimate of drug-likeness (QED) is 0.904. The molecule has 0 atom stereocenters. The number of nitrogens with one attached hydrogen (secondary N) is 2. The van der Waals surface area contributed by atoms with Crippen molar-refractivity contribution in [2.45, 2.75) is 4.90 Å². The van der Waals surface area contributed by atoms with Crippen LogP contribution in [0.3, 0.4) is 0 Å². The summed E-state index contributed by atoms with van der Waals surface area (Å²) in [6, 6.07) is 4.69. The van der Waals surface area contributed by atoms with E-state index in [-0.39, 0.29) is 20.6 Å². The van der Waals surface area contributed by atoms with Gasteiger partial charge in [0.25, 0.3) is 15.6 Å². The number of sulfonamides is 1. The maximum Gasteiger partial charge on any atom is 0.266 e. The van der Waals surface area contributed by atoms with Crippen LogP contribution in [0.5, 0.6) is 0 Å². The Bertz CT molecular complexity index is 800. The summed E-state index contributed by atoms with van der Waals surface area (Å²) in [5.74, 6) is -0.823. The molecule has 0 amide bonds. The average Bonchev–Trinajstić information content (AvgIpc) is 2.37. The van der Waals surface area contributed by atoms with Gasteiger partial charge in [-0.3, -0.25) is 9.52 Å². The Labute approximate surface area is 123 Å². The normalized spacial score (nSPS) is 11.3. The first-order valence-corrected chi connectivity index (χ1v) is 7.40. The monoisotopic (exact) mass is 336 g/mol. The number of para-hydroxylation sites is 1. The summed E-state index contributed by atoms with van der Waals surface area (Å²) >= 11 is 11.3. The maximum absolute atomic E-state index is 13.5. The lowest BCUT2D eigenvalue weighted by atomic mass is 10.3. The third-order valence-electron chi connectivity index (χ3n) is 2.34. The van der Waals surface area contributed by atoms with E-state index < -0.39 is 21.4 Å². The van der Waals surface area contributed by atoms with Gasteiger partial charge in [-0.15, -0.1) is 0 Å². The van der Waals surface area contributed by atoms with E-state index in [0.717, 1.165) is 18.3 Å². The molecule has 2 N–H and O–H groups in total. The summed E-state index contributed by atoms with van der Waals surface area (Å²) in [5, 5.41) is -0.392. The van der Waals surface area contributed by atoms with Gasteiger partial charge in [-0.05, 0) is 18.2 Å². The predicted molar refractivity (Wildman–Crippen MR) is 74.3 cm³/mol. The lowest BCUT2D eigenvalue weighted by Crippen LogP contribution is -2.17. The Morgan fingerprint density at radius 3 is 2.50 bits per heavy atom. The fourth-order valence-corrected chi connectivity index (χ4v) is 2.97. The van der Waals surface area contributed by atoms with Crippen molar-refractivity contribution in [2.75, 3.05) is 4.72 Å². The van der Waals surface area contributed by atoms with Crippen LogP contribution in [-0.4, -0.2) is 13.4 Å². The van der Waals surface area contributed by atoms with E-state index in [4.69, 9.17) is 23.2 Å². The van der Waals surface area contributed by atoms with Gasteiger partial charge in [-0.1, -0.05) is 29.3 Å². The van der Waals surface area contributed by atoms with E-state index in [1.807, 2.05) is 4.72 Å². The summed E-state index contributed by atoms with van der Waals surface area (Å²) in [6.07, 6.45) is 0.950. The highest BCUT2D eigenvalue weighted by Crippen LogP contribution is 2.27. The number of anilines is 1. The van der Waals surface area contributed by atoms with Crippen LogP contribution in [-0.2, 0) is 10.0 Å². The first-order chi connectivity index (χ1) is 9.31. The molecule has 1 aromatic carbocycles. The Balaban J connectivity index is 2.46. The molecule has 0 saturated heterocycles. The van der Waals surface area contributed by atoms with Gasteiger partial charge in [0.15, 0.2) is 0 Å². The number of aromatic nitrogens is 1. The van der Waals surface area contributed by atoms with Crippen LogP contribution < -0.4 is 10.3 Å². The fraction of sp³-hybridized carbons (Fsp3) is 0. The van der Waals surface area contributed by atoms with Gasteiger partial charge >= 0.3 is 0 Å². The van der Waals surface area contributed by atoms with Crippen LogP contribution in [0, 0.1) is 5.82 Å². The molecule has 1 heterocycles. The molecular weight excluding hydrogens is 330 g/mol. The molecule has 0 aliphatic heterocycles. The van der Waals surface area contributed by atoms with E-state index in [0.29, 0.717) is 0 Å². The number of halogens is 3. The lowest BCUT2D eigenvalue weighted by molar-refractivity contribution is 0.598.